The fourth-order valence-corrected chi connectivity index (χ4v) is 3.09. The van der Waals surface area contributed by atoms with E-state index in [-0.39, 0.29) is 11.8 Å². The van der Waals surface area contributed by atoms with Gasteiger partial charge in [-0.2, -0.15) is 0 Å². The smallest absolute Gasteiger partial charge is 0.255 e. The van der Waals surface area contributed by atoms with Crippen LogP contribution in [0.3, 0.4) is 0 Å². The number of carbonyl (C=O) groups excluding carboxylic acids is 2. The number of nitrogens with one attached hydrogen (secondary N) is 1. The Morgan fingerprint density at radius 1 is 0.929 bits per heavy atom. The number of hydrogen-bond donors (Lipinski definition) is 1. The topological polar surface area (TPSA) is 49.4 Å². The lowest BCUT2D eigenvalue weighted by Crippen LogP contribution is -2.26. The van der Waals surface area contributed by atoms with Gasteiger partial charge in [0.15, 0.2) is 0 Å². The van der Waals surface area contributed by atoms with Gasteiger partial charge < -0.3 is 10.2 Å². The van der Waals surface area contributed by atoms with E-state index in [9.17, 15) is 9.59 Å². The summed E-state index contributed by atoms with van der Waals surface area (Å²) in [4.78, 5) is 26.9. The zero-order chi connectivity index (χ0) is 20.1. The first kappa shape index (κ1) is 19.6. The maximum atomic E-state index is 12.8. The van der Waals surface area contributed by atoms with Crippen LogP contribution in [-0.4, -0.2) is 23.8 Å². The molecule has 0 aliphatic heterocycles. The highest BCUT2D eigenvalue weighted by molar-refractivity contribution is 6.30. The number of aryl methyl sites for hydroxylation is 1. The molecule has 0 atom stereocenters. The van der Waals surface area contributed by atoms with Crippen LogP contribution in [0.4, 0.5) is 5.69 Å². The van der Waals surface area contributed by atoms with E-state index in [4.69, 9.17) is 11.6 Å². The zero-order valence-electron chi connectivity index (χ0n) is 15.8. The fraction of sp³-hybridized carbons (Fsp3) is 0.130. The molecule has 4 nitrogen and oxygen atoms in total. The van der Waals surface area contributed by atoms with E-state index < -0.39 is 0 Å². The van der Waals surface area contributed by atoms with Crippen molar-refractivity contribution < 1.29 is 9.59 Å². The van der Waals surface area contributed by atoms with Crippen molar-refractivity contribution in [3.05, 3.63) is 100 Å². The van der Waals surface area contributed by atoms with Crippen LogP contribution in [0.1, 0.15) is 31.8 Å². The van der Waals surface area contributed by atoms with E-state index in [0.717, 1.165) is 11.1 Å². The Kier molecular flexibility index (Phi) is 6.12. The largest absolute Gasteiger partial charge is 0.337 e. The first-order valence-electron chi connectivity index (χ1n) is 8.91. The minimum atomic E-state index is -0.208. The summed E-state index contributed by atoms with van der Waals surface area (Å²) in [6.07, 6.45) is 0. The van der Waals surface area contributed by atoms with Gasteiger partial charge in [-0.05, 0) is 54.4 Å². The molecule has 5 heteroatoms. The van der Waals surface area contributed by atoms with Crippen LogP contribution in [-0.2, 0) is 6.54 Å². The third-order valence-corrected chi connectivity index (χ3v) is 4.66. The van der Waals surface area contributed by atoms with Gasteiger partial charge in [-0.25, -0.2) is 0 Å². The second-order valence-electron chi connectivity index (χ2n) is 6.64. The number of anilines is 1. The van der Waals surface area contributed by atoms with Crippen molar-refractivity contribution in [1.29, 1.82) is 0 Å². The monoisotopic (exact) mass is 392 g/mol. The standard InChI is InChI=1S/C23H21ClN2O2/c1-16-11-12-19(14-21(16)25-22(27)18-8-4-3-5-9-18)23(28)26(2)15-17-7-6-10-20(24)13-17/h3-14H,15H2,1-2H3,(H,25,27). The molecule has 3 rings (SSSR count). The number of benzene rings is 3. The molecule has 0 bridgehead atoms. The molecular formula is C23H21ClN2O2. The minimum absolute atomic E-state index is 0.129. The van der Waals surface area contributed by atoms with E-state index in [1.165, 1.54) is 0 Å². The summed E-state index contributed by atoms with van der Waals surface area (Å²) < 4.78 is 0. The van der Waals surface area contributed by atoms with Crippen LogP contribution in [0.15, 0.2) is 72.8 Å². The second kappa shape index (κ2) is 8.72. The predicted molar refractivity (Wildman–Crippen MR) is 113 cm³/mol. The van der Waals surface area contributed by atoms with Crippen molar-refractivity contribution in [2.45, 2.75) is 13.5 Å². The van der Waals surface area contributed by atoms with Crippen LogP contribution >= 0.6 is 11.6 Å². The van der Waals surface area contributed by atoms with Crippen molar-refractivity contribution in [3.8, 4) is 0 Å². The first-order chi connectivity index (χ1) is 13.4. The van der Waals surface area contributed by atoms with Gasteiger partial charge in [0.1, 0.15) is 0 Å². The Balaban J connectivity index is 1.76. The van der Waals surface area contributed by atoms with E-state index in [1.54, 1.807) is 42.3 Å². The van der Waals surface area contributed by atoms with Crippen LogP contribution in [0, 0.1) is 6.92 Å². The molecule has 3 aromatic rings. The molecule has 0 radical (unpaired) electrons. The zero-order valence-corrected chi connectivity index (χ0v) is 16.5. The maximum Gasteiger partial charge on any atom is 0.255 e. The van der Waals surface area contributed by atoms with Gasteiger partial charge in [0.05, 0.1) is 0 Å². The number of nitrogens with zero attached hydrogens (tertiary/aromatic N) is 1. The lowest BCUT2D eigenvalue weighted by atomic mass is 10.1. The highest BCUT2D eigenvalue weighted by Gasteiger charge is 2.15. The molecule has 142 valence electrons. The van der Waals surface area contributed by atoms with Gasteiger partial charge in [0, 0.05) is 35.4 Å². The van der Waals surface area contributed by atoms with Crippen LogP contribution in [0.25, 0.3) is 0 Å². The molecule has 0 unspecified atom stereocenters. The first-order valence-corrected chi connectivity index (χ1v) is 9.29. The summed E-state index contributed by atoms with van der Waals surface area (Å²) in [6.45, 7) is 2.34. The van der Waals surface area contributed by atoms with Crippen LogP contribution in [0.2, 0.25) is 5.02 Å². The van der Waals surface area contributed by atoms with Gasteiger partial charge >= 0.3 is 0 Å². The average molecular weight is 393 g/mol. The average Bonchev–Trinajstić information content (AvgIpc) is 2.69. The van der Waals surface area contributed by atoms with Gasteiger partial charge in [-0.1, -0.05) is 48.0 Å². The molecule has 1 N–H and O–H groups in total. The van der Waals surface area contributed by atoms with Crippen molar-refractivity contribution in [2.75, 3.05) is 12.4 Å². The fourth-order valence-electron chi connectivity index (χ4n) is 2.88. The summed E-state index contributed by atoms with van der Waals surface area (Å²) in [6, 6.07) is 21.7. The third kappa shape index (κ3) is 4.78. The van der Waals surface area contributed by atoms with E-state index >= 15 is 0 Å². The minimum Gasteiger partial charge on any atom is -0.337 e. The Morgan fingerprint density at radius 3 is 2.39 bits per heavy atom. The van der Waals surface area contributed by atoms with E-state index in [2.05, 4.69) is 5.32 Å². The predicted octanol–water partition coefficient (Wildman–Crippen LogP) is 5.17. The molecule has 0 saturated heterocycles. The third-order valence-electron chi connectivity index (χ3n) is 4.42. The molecule has 0 aromatic heterocycles. The molecule has 0 spiro atoms. The Hall–Kier alpha value is -3.11. The molecule has 0 heterocycles. The molecule has 28 heavy (non-hydrogen) atoms. The number of amides is 2. The maximum absolute atomic E-state index is 12.8. The van der Waals surface area contributed by atoms with Crippen LogP contribution < -0.4 is 5.32 Å². The number of halogens is 1. The lowest BCUT2D eigenvalue weighted by Gasteiger charge is -2.18. The van der Waals surface area contributed by atoms with Crippen LogP contribution in [0.5, 0.6) is 0 Å². The summed E-state index contributed by atoms with van der Waals surface area (Å²) in [5.74, 6) is -0.337. The van der Waals surface area contributed by atoms with Crippen molar-refractivity contribution in [3.63, 3.8) is 0 Å². The molecule has 2 amide bonds. The molecular weight excluding hydrogens is 372 g/mol. The Morgan fingerprint density at radius 2 is 1.68 bits per heavy atom. The second-order valence-corrected chi connectivity index (χ2v) is 7.08. The summed E-state index contributed by atoms with van der Waals surface area (Å²) in [7, 11) is 1.74. The van der Waals surface area contributed by atoms with Gasteiger partial charge in [0.2, 0.25) is 0 Å². The molecule has 0 aliphatic carbocycles. The number of carbonyl (C=O) groups is 2. The van der Waals surface area contributed by atoms with E-state index in [1.807, 2.05) is 49.4 Å². The van der Waals surface area contributed by atoms with Gasteiger partial charge in [-0.15, -0.1) is 0 Å². The normalized spacial score (nSPS) is 10.4. The quantitative estimate of drug-likeness (QED) is 0.650. The van der Waals surface area contributed by atoms with Crippen molar-refractivity contribution in [2.24, 2.45) is 0 Å². The number of rotatable bonds is 5. The van der Waals surface area contributed by atoms with Gasteiger partial charge in [0.25, 0.3) is 11.8 Å². The molecule has 3 aromatic carbocycles. The SMILES string of the molecule is Cc1ccc(C(=O)N(C)Cc2cccc(Cl)c2)cc1NC(=O)c1ccccc1. The summed E-state index contributed by atoms with van der Waals surface area (Å²) >= 11 is 6.02. The number of hydrogen-bond acceptors (Lipinski definition) is 2. The van der Waals surface area contributed by atoms with E-state index in [0.29, 0.717) is 28.4 Å². The van der Waals surface area contributed by atoms with Gasteiger partial charge in [-0.3, -0.25) is 9.59 Å². The van der Waals surface area contributed by atoms with Crippen molar-refractivity contribution >= 4 is 29.1 Å². The molecule has 0 saturated carbocycles. The Labute approximate surface area is 169 Å². The molecule has 0 fully saturated rings. The van der Waals surface area contributed by atoms with Crippen molar-refractivity contribution in [1.82, 2.24) is 4.90 Å². The lowest BCUT2D eigenvalue weighted by molar-refractivity contribution is 0.0784. The highest BCUT2D eigenvalue weighted by Crippen LogP contribution is 2.20. The highest BCUT2D eigenvalue weighted by atomic mass is 35.5. The summed E-state index contributed by atoms with van der Waals surface area (Å²) in [5, 5.41) is 3.53. The molecule has 0 aliphatic rings. The Bertz CT molecular complexity index is 1000. The summed E-state index contributed by atoms with van der Waals surface area (Å²) in [5.41, 5.74) is 3.54.